The van der Waals surface area contributed by atoms with Crippen molar-refractivity contribution in [1.82, 2.24) is 5.32 Å². The number of nitrogens with two attached hydrogens (primary N) is 1. The molecule has 1 aromatic carbocycles. The summed E-state index contributed by atoms with van der Waals surface area (Å²) in [6, 6.07) is 7.87. The Morgan fingerprint density at radius 1 is 1.29 bits per heavy atom. The highest BCUT2D eigenvalue weighted by Crippen LogP contribution is 2.03. The SMILES string of the molecule is CCCOCC(=O)NCc1ccc(CN)cc1. The molecule has 0 aromatic heterocycles. The standard InChI is InChI=1S/C13H20N2O2/c1-2-7-17-10-13(16)15-9-12-5-3-11(8-14)4-6-12/h3-6H,2,7-10,14H2,1H3,(H,15,16). The Bertz CT molecular complexity index is 336. The molecular weight excluding hydrogens is 216 g/mol. The molecule has 0 radical (unpaired) electrons. The molecule has 1 amide bonds. The number of ether oxygens (including phenoxy) is 1. The molecule has 0 unspecified atom stereocenters. The van der Waals surface area contributed by atoms with Gasteiger partial charge in [-0.3, -0.25) is 4.79 Å². The van der Waals surface area contributed by atoms with Crippen LogP contribution in [0.5, 0.6) is 0 Å². The second kappa shape index (κ2) is 7.81. The number of amides is 1. The molecule has 0 aliphatic heterocycles. The van der Waals surface area contributed by atoms with E-state index in [1.807, 2.05) is 31.2 Å². The van der Waals surface area contributed by atoms with Gasteiger partial charge < -0.3 is 15.8 Å². The van der Waals surface area contributed by atoms with E-state index in [4.69, 9.17) is 10.5 Å². The van der Waals surface area contributed by atoms with E-state index in [1.165, 1.54) is 0 Å². The van der Waals surface area contributed by atoms with Gasteiger partial charge in [0.05, 0.1) is 0 Å². The molecule has 0 aliphatic carbocycles. The van der Waals surface area contributed by atoms with Crippen molar-refractivity contribution in [2.45, 2.75) is 26.4 Å². The van der Waals surface area contributed by atoms with Gasteiger partial charge in [0.25, 0.3) is 0 Å². The van der Waals surface area contributed by atoms with Crippen LogP contribution in [0.3, 0.4) is 0 Å². The van der Waals surface area contributed by atoms with E-state index in [1.54, 1.807) is 0 Å². The normalized spacial score (nSPS) is 10.2. The number of nitrogens with one attached hydrogen (secondary N) is 1. The Morgan fingerprint density at radius 3 is 2.53 bits per heavy atom. The third-order valence-corrected chi connectivity index (χ3v) is 2.33. The lowest BCUT2D eigenvalue weighted by atomic mass is 10.1. The first-order chi connectivity index (χ1) is 8.26. The first kappa shape index (κ1) is 13.7. The summed E-state index contributed by atoms with van der Waals surface area (Å²) in [4.78, 5) is 11.4. The molecule has 0 heterocycles. The summed E-state index contributed by atoms with van der Waals surface area (Å²) in [7, 11) is 0. The Kier molecular flexibility index (Phi) is 6.29. The fourth-order valence-electron chi connectivity index (χ4n) is 1.35. The third kappa shape index (κ3) is 5.47. The number of hydrogen-bond donors (Lipinski definition) is 2. The highest BCUT2D eigenvalue weighted by Gasteiger charge is 2.00. The molecule has 3 N–H and O–H groups in total. The second-order valence-corrected chi connectivity index (χ2v) is 3.85. The van der Waals surface area contributed by atoms with Gasteiger partial charge in [0, 0.05) is 19.7 Å². The first-order valence-corrected chi connectivity index (χ1v) is 5.88. The minimum Gasteiger partial charge on any atom is -0.372 e. The van der Waals surface area contributed by atoms with Crippen molar-refractivity contribution in [2.24, 2.45) is 5.73 Å². The molecule has 4 nitrogen and oxygen atoms in total. The second-order valence-electron chi connectivity index (χ2n) is 3.85. The number of carbonyl (C=O) groups is 1. The Balaban J connectivity index is 2.27. The quantitative estimate of drug-likeness (QED) is 0.699. The van der Waals surface area contributed by atoms with Crippen LogP contribution in [-0.2, 0) is 22.6 Å². The van der Waals surface area contributed by atoms with Crippen LogP contribution in [0, 0.1) is 0 Å². The zero-order valence-corrected chi connectivity index (χ0v) is 10.2. The van der Waals surface area contributed by atoms with Gasteiger partial charge >= 0.3 is 0 Å². The molecule has 0 bridgehead atoms. The maximum Gasteiger partial charge on any atom is 0.246 e. The Hall–Kier alpha value is -1.39. The fourth-order valence-corrected chi connectivity index (χ4v) is 1.35. The predicted octanol–water partition coefficient (Wildman–Crippen LogP) is 1.19. The number of benzene rings is 1. The predicted molar refractivity (Wildman–Crippen MR) is 67.3 cm³/mol. The van der Waals surface area contributed by atoms with Gasteiger partial charge in [-0.15, -0.1) is 0 Å². The van der Waals surface area contributed by atoms with Crippen molar-refractivity contribution >= 4 is 5.91 Å². The molecule has 4 heteroatoms. The number of hydrogen-bond acceptors (Lipinski definition) is 3. The summed E-state index contributed by atoms with van der Waals surface area (Å²) in [6.07, 6.45) is 0.924. The van der Waals surface area contributed by atoms with Gasteiger partial charge in [0.2, 0.25) is 5.91 Å². The highest BCUT2D eigenvalue weighted by atomic mass is 16.5. The van der Waals surface area contributed by atoms with E-state index in [0.717, 1.165) is 17.5 Å². The lowest BCUT2D eigenvalue weighted by Crippen LogP contribution is -2.27. The summed E-state index contributed by atoms with van der Waals surface area (Å²) in [5.41, 5.74) is 7.65. The zero-order valence-electron chi connectivity index (χ0n) is 10.2. The van der Waals surface area contributed by atoms with Crippen molar-refractivity contribution < 1.29 is 9.53 Å². The molecule has 94 valence electrons. The van der Waals surface area contributed by atoms with Crippen LogP contribution < -0.4 is 11.1 Å². The Labute approximate surface area is 102 Å². The molecule has 1 rings (SSSR count). The van der Waals surface area contributed by atoms with E-state index in [9.17, 15) is 4.79 Å². The van der Waals surface area contributed by atoms with Crippen LogP contribution in [0.25, 0.3) is 0 Å². The van der Waals surface area contributed by atoms with E-state index in [-0.39, 0.29) is 12.5 Å². The van der Waals surface area contributed by atoms with Gasteiger partial charge in [-0.05, 0) is 17.5 Å². The molecular formula is C13H20N2O2. The monoisotopic (exact) mass is 236 g/mol. The molecule has 0 saturated heterocycles. The molecule has 0 spiro atoms. The topological polar surface area (TPSA) is 64.3 Å². The van der Waals surface area contributed by atoms with Crippen LogP contribution in [0.1, 0.15) is 24.5 Å². The number of carbonyl (C=O) groups excluding carboxylic acids is 1. The zero-order chi connectivity index (χ0) is 12.5. The van der Waals surface area contributed by atoms with Gasteiger partial charge in [0.15, 0.2) is 0 Å². The first-order valence-electron chi connectivity index (χ1n) is 5.88. The van der Waals surface area contributed by atoms with E-state index >= 15 is 0 Å². The van der Waals surface area contributed by atoms with Crippen LogP contribution >= 0.6 is 0 Å². The summed E-state index contributed by atoms with van der Waals surface area (Å²) in [5, 5.41) is 2.80. The average molecular weight is 236 g/mol. The van der Waals surface area contributed by atoms with Crippen molar-refractivity contribution in [1.29, 1.82) is 0 Å². The summed E-state index contributed by atoms with van der Waals surface area (Å²) < 4.78 is 5.14. The summed E-state index contributed by atoms with van der Waals surface area (Å²) in [5.74, 6) is -0.0821. The van der Waals surface area contributed by atoms with E-state index < -0.39 is 0 Å². The van der Waals surface area contributed by atoms with Crippen LogP contribution in [-0.4, -0.2) is 19.1 Å². The lowest BCUT2D eigenvalue weighted by molar-refractivity contribution is -0.125. The molecule has 0 fully saturated rings. The van der Waals surface area contributed by atoms with Gasteiger partial charge in [0.1, 0.15) is 6.61 Å². The average Bonchev–Trinajstić information content (AvgIpc) is 2.37. The minimum atomic E-state index is -0.0821. The summed E-state index contributed by atoms with van der Waals surface area (Å²) >= 11 is 0. The van der Waals surface area contributed by atoms with Crippen molar-refractivity contribution in [3.05, 3.63) is 35.4 Å². The van der Waals surface area contributed by atoms with Crippen molar-refractivity contribution in [3.63, 3.8) is 0 Å². The molecule has 0 aliphatic rings. The largest absolute Gasteiger partial charge is 0.372 e. The van der Waals surface area contributed by atoms with Crippen molar-refractivity contribution in [2.75, 3.05) is 13.2 Å². The van der Waals surface area contributed by atoms with Gasteiger partial charge in [-0.25, -0.2) is 0 Å². The smallest absolute Gasteiger partial charge is 0.246 e. The third-order valence-electron chi connectivity index (χ3n) is 2.33. The minimum absolute atomic E-state index is 0.0821. The maximum atomic E-state index is 11.4. The van der Waals surface area contributed by atoms with Gasteiger partial charge in [-0.2, -0.15) is 0 Å². The highest BCUT2D eigenvalue weighted by molar-refractivity contribution is 5.77. The van der Waals surface area contributed by atoms with Crippen molar-refractivity contribution in [3.8, 4) is 0 Å². The fraction of sp³-hybridized carbons (Fsp3) is 0.462. The molecule has 0 atom stereocenters. The summed E-state index contributed by atoms with van der Waals surface area (Å²) in [6.45, 7) is 3.83. The molecule has 1 aromatic rings. The van der Waals surface area contributed by atoms with Crippen LogP contribution in [0.4, 0.5) is 0 Å². The lowest BCUT2D eigenvalue weighted by Gasteiger charge is -2.06. The van der Waals surface area contributed by atoms with Gasteiger partial charge in [-0.1, -0.05) is 31.2 Å². The van der Waals surface area contributed by atoms with E-state index in [2.05, 4.69) is 5.32 Å². The van der Waals surface area contributed by atoms with Crippen LogP contribution in [0.2, 0.25) is 0 Å². The maximum absolute atomic E-state index is 11.4. The van der Waals surface area contributed by atoms with Crippen LogP contribution in [0.15, 0.2) is 24.3 Å². The molecule has 17 heavy (non-hydrogen) atoms. The molecule has 0 saturated carbocycles. The Morgan fingerprint density at radius 2 is 1.94 bits per heavy atom. The van der Waals surface area contributed by atoms with E-state index in [0.29, 0.717) is 19.7 Å². The number of rotatable bonds is 7.